The molecule has 0 atom stereocenters. The van der Waals surface area contributed by atoms with Crippen LogP contribution in [-0.2, 0) is 6.54 Å². The Balaban J connectivity index is 2.17. The molecular weight excluding hydrogens is 497 g/mol. The molecule has 0 amide bonds. The van der Waals surface area contributed by atoms with E-state index in [0.29, 0.717) is 13.2 Å². The number of hydrogen-bond acceptors (Lipinski definition) is 2. The molecule has 0 fully saturated rings. The van der Waals surface area contributed by atoms with Crippen molar-refractivity contribution in [3.8, 4) is 5.75 Å². The minimum atomic E-state index is 0.650. The van der Waals surface area contributed by atoms with Crippen LogP contribution in [0.1, 0.15) is 12.5 Å². The Morgan fingerprint density at radius 2 is 1.85 bits per heavy atom. The molecule has 2 aromatic rings. The van der Waals surface area contributed by atoms with Gasteiger partial charge in [-0.15, -0.1) is 0 Å². The predicted octanol–water partition coefficient (Wildman–Crippen LogP) is 5.83. The average Bonchev–Trinajstić information content (AvgIpc) is 2.41. The molecule has 0 heterocycles. The third kappa shape index (κ3) is 4.36. The zero-order valence-electron chi connectivity index (χ0n) is 10.9. The van der Waals surface area contributed by atoms with Crippen LogP contribution in [0.2, 0.25) is 0 Å². The van der Waals surface area contributed by atoms with Crippen LogP contribution in [0.5, 0.6) is 5.75 Å². The Morgan fingerprint density at radius 3 is 2.50 bits per heavy atom. The van der Waals surface area contributed by atoms with E-state index < -0.39 is 0 Å². The third-order valence-electron chi connectivity index (χ3n) is 2.70. The van der Waals surface area contributed by atoms with Crippen LogP contribution in [0.15, 0.2) is 45.3 Å². The van der Waals surface area contributed by atoms with E-state index >= 15 is 0 Å². The van der Waals surface area contributed by atoms with E-state index in [-0.39, 0.29) is 0 Å². The van der Waals surface area contributed by atoms with E-state index in [1.54, 1.807) is 0 Å². The van der Waals surface area contributed by atoms with Gasteiger partial charge in [0, 0.05) is 25.8 Å². The Morgan fingerprint density at radius 1 is 1.15 bits per heavy atom. The van der Waals surface area contributed by atoms with Crippen LogP contribution >= 0.6 is 54.5 Å². The van der Waals surface area contributed by atoms with Crippen molar-refractivity contribution in [1.29, 1.82) is 0 Å². The fourth-order valence-corrected chi connectivity index (χ4v) is 3.60. The van der Waals surface area contributed by atoms with Gasteiger partial charge >= 0.3 is 0 Å². The maximum Gasteiger partial charge on any atom is 0.138 e. The van der Waals surface area contributed by atoms with E-state index in [9.17, 15) is 0 Å². The van der Waals surface area contributed by atoms with Crippen molar-refractivity contribution in [3.63, 3.8) is 0 Å². The van der Waals surface area contributed by atoms with Gasteiger partial charge in [-0.1, -0.05) is 15.9 Å². The van der Waals surface area contributed by atoms with Crippen LogP contribution in [0.3, 0.4) is 0 Å². The highest BCUT2D eigenvalue weighted by Gasteiger charge is 2.09. The second-order valence-corrected chi connectivity index (χ2v) is 7.18. The molecule has 2 rings (SSSR count). The molecule has 0 saturated carbocycles. The van der Waals surface area contributed by atoms with Crippen molar-refractivity contribution in [2.45, 2.75) is 13.5 Å². The first-order chi connectivity index (χ1) is 9.60. The second-order valence-electron chi connectivity index (χ2n) is 4.17. The Labute approximate surface area is 149 Å². The molecule has 0 unspecified atom stereocenters. The Bertz CT molecular complexity index is 587. The lowest BCUT2D eigenvalue weighted by atomic mass is 10.2. The summed E-state index contributed by atoms with van der Waals surface area (Å²) in [6.45, 7) is 3.36. The maximum atomic E-state index is 5.72. The topological polar surface area (TPSA) is 21.3 Å². The van der Waals surface area contributed by atoms with Crippen LogP contribution in [0, 0.1) is 3.57 Å². The number of rotatable bonds is 5. The normalized spacial score (nSPS) is 10.4. The van der Waals surface area contributed by atoms with Crippen molar-refractivity contribution < 1.29 is 4.74 Å². The molecular formula is C15H14Br2INO. The van der Waals surface area contributed by atoms with Gasteiger partial charge in [-0.05, 0) is 81.8 Å². The summed E-state index contributed by atoms with van der Waals surface area (Å²) in [6, 6.07) is 12.4. The number of benzene rings is 2. The zero-order chi connectivity index (χ0) is 14.5. The first-order valence-electron chi connectivity index (χ1n) is 6.20. The summed E-state index contributed by atoms with van der Waals surface area (Å²) < 4.78 is 8.95. The average molecular weight is 511 g/mol. The second kappa shape index (κ2) is 7.66. The minimum absolute atomic E-state index is 0.650. The quantitative estimate of drug-likeness (QED) is 0.511. The number of hydrogen-bond donors (Lipinski definition) is 1. The van der Waals surface area contributed by atoms with Gasteiger partial charge in [0.2, 0.25) is 0 Å². The Kier molecular flexibility index (Phi) is 6.17. The molecule has 0 aliphatic carbocycles. The molecule has 0 bridgehead atoms. The largest absolute Gasteiger partial charge is 0.492 e. The van der Waals surface area contributed by atoms with Gasteiger partial charge in [-0.3, -0.25) is 0 Å². The lowest BCUT2D eigenvalue weighted by Crippen LogP contribution is -2.04. The standard InChI is InChI=1S/C15H14Br2INO/c1-2-20-15-10(7-11(16)8-14(15)17)9-19-13-5-3-12(18)4-6-13/h3-8,19H,2,9H2,1H3. The molecule has 0 saturated heterocycles. The van der Waals surface area contributed by atoms with E-state index in [0.717, 1.165) is 25.9 Å². The van der Waals surface area contributed by atoms with Crippen molar-refractivity contribution >= 4 is 60.1 Å². The van der Waals surface area contributed by atoms with Crippen LogP contribution in [0.25, 0.3) is 0 Å². The van der Waals surface area contributed by atoms with Crippen molar-refractivity contribution in [2.24, 2.45) is 0 Å². The maximum absolute atomic E-state index is 5.72. The fraction of sp³-hybridized carbons (Fsp3) is 0.200. The van der Waals surface area contributed by atoms with E-state index in [1.165, 1.54) is 3.57 Å². The minimum Gasteiger partial charge on any atom is -0.492 e. The molecule has 5 heteroatoms. The molecule has 2 nitrogen and oxygen atoms in total. The third-order valence-corrected chi connectivity index (χ3v) is 4.47. The van der Waals surface area contributed by atoms with Gasteiger partial charge < -0.3 is 10.1 Å². The predicted molar refractivity (Wildman–Crippen MR) is 99.5 cm³/mol. The molecule has 0 aliphatic heterocycles. The first kappa shape index (κ1) is 16.1. The number of anilines is 1. The summed E-state index contributed by atoms with van der Waals surface area (Å²) in [6.07, 6.45) is 0. The molecule has 20 heavy (non-hydrogen) atoms. The van der Waals surface area contributed by atoms with Gasteiger partial charge in [0.05, 0.1) is 11.1 Å². The van der Waals surface area contributed by atoms with Crippen LogP contribution in [-0.4, -0.2) is 6.61 Å². The van der Waals surface area contributed by atoms with Gasteiger partial charge in [0.15, 0.2) is 0 Å². The SMILES string of the molecule is CCOc1c(Br)cc(Br)cc1CNc1ccc(I)cc1. The van der Waals surface area contributed by atoms with Gasteiger partial charge in [0.25, 0.3) is 0 Å². The molecule has 0 aliphatic rings. The van der Waals surface area contributed by atoms with Crippen LogP contribution < -0.4 is 10.1 Å². The van der Waals surface area contributed by atoms with E-state index in [1.807, 2.05) is 13.0 Å². The van der Waals surface area contributed by atoms with Gasteiger partial charge in [-0.25, -0.2) is 0 Å². The first-order valence-corrected chi connectivity index (χ1v) is 8.86. The summed E-state index contributed by atoms with van der Waals surface area (Å²) in [5, 5.41) is 3.42. The lowest BCUT2D eigenvalue weighted by molar-refractivity contribution is 0.334. The number of halogens is 3. The number of nitrogens with one attached hydrogen (secondary N) is 1. The van der Waals surface area contributed by atoms with Gasteiger partial charge in [0.1, 0.15) is 5.75 Å². The van der Waals surface area contributed by atoms with E-state index in [2.05, 4.69) is 90.1 Å². The Hall–Kier alpha value is -0.270. The van der Waals surface area contributed by atoms with Crippen LogP contribution in [0.4, 0.5) is 5.69 Å². The molecule has 1 N–H and O–H groups in total. The summed E-state index contributed by atoms with van der Waals surface area (Å²) in [7, 11) is 0. The lowest BCUT2D eigenvalue weighted by Gasteiger charge is -2.14. The fourth-order valence-electron chi connectivity index (χ4n) is 1.82. The molecule has 0 radical (unpaired) electrons. The summed E-state index contributed by atoms with van der Waals surface area (Å²) in [5.74, 6) is 0.897. The summed E-state index contributed by atoms with van der Waals surface area (Å²) in [5.41, 5.74) is 2.22. The zero-order valence-corrected chi connectivity index (χ0v) is 16.2. The monoisotopic (exact) mass is 509 g/mol. The molecule has 106 valence electrons. The summed E-state index contributed by atoms with van der Waals surface area (Å²) in [4.78, 5) is 0. The van der Waals surface area contributed by atoms with E-state index in [4.69, 9.17) is 4.74 Å². The van der Waals surface area contributed by atoms with Crippen molar-refractivity contribution in [1.82, 2.24) is 0 Å². The molecule has 0 aromatic heterocycles. The van der Waals surface area contributed by atoms with Crippen molar-refractivity contribution in [3.05, 3.63) is 54.5 Å². The van der Waals surface area contributed by atoms with Gasteiger partial charge in [-0.2, -0.15) is 0 Å². The number of ether oxygens (including phenoxy) is 1. The molecule has 0 spiro atoms. The highest BCUT2D eigenvalue weighted by atomic mass is 127. The highest BCUT2D eigenvalue weighted by molar-refractivity contribution is 14.1. The van der Waals surface area contributed by atoms with Crippen molar-refractivity contribution in [2.75, 3.05) is 11.9 Å². The smallest absolute Gasteiger partial charge is 0.138 e. The molecule has 2 aromatic carbocycles. The highest BCUT2D eigenvalue weighted by Crippen LogP contribution is 2.33. The summed E-state index contributed by atoms with van der Waals surface area (Å²) >= 11 is 9.37.